The SMILES string of the molecule is CCCc1nnc(NC(=O)CN(C)c2ccc(C#N)cn2)s1. The molecule has 0 aromatic carbocycles. The van der Waals surface area contributed by atoms with Crippen molar-refractivity contribution in [1.82, 2.24) is 15.2 Å². The van der Waals surface area contributed by atoms with Crippen LogP contribution in [0.25, 0.3) is 0 Å². The van der Waals surface area contributed by atoms with E-state index in [9.17, 15) is 4.79 Å². The molecule has 0 unspecified atom stereocenters. The maximum Gasteiger partial charge on any atom is 0.245 e. The van der Waals surface area contributed by atoms with Crippen molar-refractivity contribution in [3.8, 4) is 6.07 Å². The second-order valence-corrected chi connectivity index (χ2v) is 5.73. The van der Waals surface area contributed by atoms with Gasteiger partial charge in [-0.25, -0.2) is 4.98 Å². The van der Waals surface area contributed by atoms with Gasteiger partial charge in [-0.3, -0.25) is 10.1 Å². The Hall–Kier alpha value is -2.53. The molecular formula is C14H16N6OS. The van der Waals surface area contributed by atoms with Gasteiger partial charge < -0.3 is 4.90 Å². The van der Waals surface area contributed by atoms with E-state index < -0.39 is 0 Å². The van der Waals surface area contributed by atoms with Crippen LogP contribution >= 0.6 is 11.3 Å². The Bertz CT molecular complexity index is 675. The molecule has 0 aliphatic rings. The second-order valence-electron chi connectivity index (χ2n) is 4.67. The molecule has 0 saturated heterocycles. The first-order chi connectivity index (χ1) is 10.6. The fraction of sp³-hybridized carbons (Fsp3) is 0.357. The summed E-state index contributed by atoms with van der Waals surface area (Å²) in [5, 5.41) is 20.8. The molecule has 0 saturated carbocycles. The van der Waals surface area contributed by atoms with Gasteiger partial charge in [-0.15, -0.1) is 10.2 Å². The molecule has 7 nitrogen and oxygen atoms in total. The number of nitriles is 1. The highest BCUT2D eigenvalue weighted by atomic mass is 32.1. The number of amides is 1. The van der Waals surface area contributed by atoms with Gasteiger partial charge >= 0.3 is 0 Å². The number of hydrogen-bond acceptors (Lipinski definition) is 7. The topological polar surface area (TPSA) is 94.8 Å². The lowest BCUT2D eigenvalue weighted by molar-refractivity contribution is -0.114. The summed E-state index contributed by atoms with van der Waals surface area (Å²) < 4.78 is 0. The quantitative estimate of drug-likeness (QED) is 0.873. The molecule has 8 heteroatoms. The number of carbonyl (C=O) groups excluding carboxylic acids is 1. The van der Waals surface area contributed by atoms with Crippen LogP contribution in [0.4, 0.5) is 10.9 Å². The molecule has 1 amide bonds. The van der Waals surface area contributed by atoms with Gasteiger partial charge in [-0.05, 0) is 18.6 Å². The van der Waals surface area contributed by atoms with Crippen LogP contribution in [0.5, 0.6) is 0 Å². The smallest absolute Gasteiger partial charge is 0.245 e. The minimum atomic E-state index is -0.187. The van der Waals surface area contributed by atoms with Gasteiger partial charge in [0.15, 0.2) is 0 Å². The summed E-state index contributed by atoms with van der Waals surface area (Å²) in [5.41, 5.74) is 0.485. The zero-order valence-electron chi connectivity index (χ0n) is 12.4. The van der Waals surface area contributed by atoms with E-state index in [0.717, 1.165) is 17.8 Å². The first-order valence-electron chi connectivity index (χ1n) is 6.82. The predicted octanol–water partition coefficient (Wildman–Crippen LogP) is 1.83. The molecule has 22 heavy (non-hydrogen) atoms. The highest BCUT2D eigenvalue weighted by molar-refractivity contribution is 7.15. The maximum absolute atomic E-state index is 12.0. The van der Waals surface area contributed by atoms with Crippen molar-refractivity contribution >= 4 is 28.2 Å². The maximum atomic E-state index is 12.0. The van der Waals surface area contributed by atoms with Gasteiger partial charge in [-0.2, -0.15) is 5.26 Å². The van der Waals surface area contributed by atoms with Crippen LogP contribution in [-0.4, -0.2) is 34.7 Å². The molecule has 2 rings (SSSR count). The van der Waals surface area contributed by atoms with Crippen molar-refractivity contribution in [1.29, 1.82) is 5.26 Å². The van der Waals surface area contributed by atoms with Gasteiger partial charge in [0, 0.05) is 19.7 Å². The van der Waals surface area contributed by atoms with E-state index in [1.54, 1.807) is 24.1 Å². The molecule has 2 aromatic heterocycles. The van der Waals surface area contributed by atoms with Crippen LogP contribution < -0.4 is 10.2 Å². The van der Waals surface area contributed by atoms with E-state index in [4.69, 9.17) is 5.26 Å². The van der Waals surface area contributed by atoms with Crippen molar-refractivity contribution in [3.05, 3.63) is 28.9 Å². The molecular weight excluding hydrogens is 300 g/mol. The summed E-state index contributed by atoms with van der Waals surface area (Å²) in [5.74, 6) is 0.436. The van der Waals surface area contributed by atoms with Gasteiger partial charge in [0.2, 0.25) is 11.0 Å². The van der Waals surface area contributed by atoms with Crippen molar-refractivity contribution in [2.45, 2.75) is 19.8 Å². The molecule has 0 bridgehead atoms. The Morgan fingerprint density at radius 3 is 2.91 bits per heavy atom. The lowest BCUT2D eigenvalue weighted by Crippen LogP contribution is -2.30. The van der Waals surface area contributed by atoms with E-state index in [-0.39, 0.29) is 12.5 Å². The van der Waals surface area contributed by atoms with Crippen LogP contribution in [0.15, 0.2) is 18.3 Å². The number of aryl methyl sites for hydroxylation is 1. The number of pyridine rings is 1. The highest BCUT2D eigenvalue weighted by Gasteiger charge is 2.11. The largest absolute Gasteiger partial charge is 0.350 e. The zero-order valence-corrected chi connectivity index (χ0v) is 13.2. The summed E-state index contributed by atoms with van der Waals surface area (Å²) >= 11 is 1.39. The van der Waals surface area contributed by atoms with E-state index in [2.05, 4.69) is 27.4 Å². The normalized spacial score (nSPS) is 10.0. The molecule has 0 fully saturated rings. The zero-order chi connectivity index (χ0) is 15.9. The number of nitrogens with one attached hydrogen (secondary N) is 1. The molecule has 0 radical (unpaired) electrons. The summed E-state index contributed by atoms with van der Waals surface area (Å²) in [6.07, 6.45) is 3.34. The lowest BCUT2D eigenvalue weighted by atomic mass is 10.3. The summed E-state index contributed by atoms with van der Waals surface area (Å²) in [6, 6.07) is 5.37. The molecule has 0 atom stereocenters. The molecule has 0 spiro atoms. The molecule has 114 valence electrons. The van der Waals surface area contributed by atoms with Gasteiger partial charge in [0.25, 0.3) is 0 Å². The van der Waals surface area contributed by atoms with Gasteiger partial charge in [-0.1, -0.05) is 18.3 Å². The van der Waals surface area contributed by atoms with Crippen molar-refractivity contribution in [3.63, 3.8) is 0 Å². The monoisotopic (exact) mass is 316 g/mol. The summed E-state index contributed by atoms with van der Waals surface area (Å²) in [7, 11) is 1.76. The third-order valence-corrected chi connectivity index (χ3v) is 3.72. The summed E-state index contributed by atoms with van der Waals surface area (Å²) in [6.45, 7) is 2.21. The molecule has 2 heterocycles. The molecule has 1 N–H and O–H groups in total. The second kappa shape index (κ2) is 7.47. The van der Waals surface area contributed by atoms with Crippen LogP contribution in [0.3, 0.4) is 0 Å². The van der Waals surface area contributed by atoms with Crippen molar-refractivity contribution in [2.75, 3.05) is 23.8 Å². The number of anilines is 2. The van der Waals surface area contributed by atoms with E-state index in [1.165, 1.54) is 17.5 Å². The number of rotatable bonds is 6. The number of hydrogen-bond donors (Lipinski definition) is 1. The van der Waals surface area contributed by atoms with Crippen LogP contribution in [0, 0.1) is 11.3 Å². The average molecular weight is 316 g/mol. The fourth-order valence-electron chi connectivity index (χ4n) is 1.75. The molecule has 0 aliphatic carbocycles. The van der Waals surface area contributed by atoms with Gasteiger partial charge in [0.05, 0.1) is 12.1 Å². The average Bonchev–Trinajstić information content (AvgIpc) is 2.94. The van der Waals surface area contributed by atoms with Crippen molar-refractivity contribution in [2.24, 2.45) is 0 Å². The molecule has 0 aliphatic heterocycles. The van der Waals surface area contributed by atoms with Crippen molar-refractivity contribution < 1.29 is 4.79 Å². The van der Waals surface area contributed by atoms with E-state index in [1.807, 2.05) is 6.07 Å². The lowest BCUT2D eigenvalue weighted by Gasteiger charge is -2.16. The number of aromatic nitrogens is 3. The van der Waals surface area contributed by atoms with Gasteiger partial charge in [0.1, 0.15) is 16.9 Å². The first-order valence-corrected chi connectivity index (χ1v) is 7.63. The van der Waals surface area contributed by atoms with E-state index in [0.29, 0.717) is 16.5 Å². The standard InChI is InChI=1S/C14H16N6OS/c1-3-4-13-18-19-14(22-13)17-12(21)9-20(2)11-6-5-10(7-15)8-16-11/h5-6,8H,3-4,9H2,1-2H3,(H,17,19,21). The number of likely N-dealkylation sites (N-methyl/N-ethyl adjacent to an activating group) is 1. The Balaban J connectivity index is 1.91. The van der Waals surface area contributed by atoms with Crippen LogP contribution in [0.1, 0.15) is 23.9 Å². The Kier molecular flexibility index (Phi) is 5.38. The Labute approximate surface area is 132 Å². The Morgan fingerprint density at radius 2 is 2.27 bits per heavy atom. The Morgan fingerprint density at radius 1 is 1.45 bits per heavy atom. The van der Waals surface area contributed by atoms with E-state index >= 15 is 0 Å². The highest BCUT2D eigenvalue weighted by Crippen LogP contribution is 2.16. The fourth-order valence-corrected chi connectivity index (χ4v) is 2.61. The molecule has 2 aromatic rings. The third-order valence-electron chi connectivity index (χ3n) is 2.83. The number of nitrogens with zero attached hydrogens (tertiary/aromatic N) is 5. The van der Waals surface area contributed by atoms with Crippen LogP contribution in [0.2, 0.25) is 0 Å². The predicted molar refractivity (Wildman–Crippen MR) is 84.8 cm³/mol. The minimum absolute atomic E-state index is 0.140. The third kappa shape index (κ3) is 4.23. The van der Waals surface area contributed by atoms with Crippen LogP contribution in [-0.2, 0) is 11.2 Å². The first kappa shape index (κ1) is 15.9. The number of carbonyl (C=O) groups is 1. The minimum Gasteiger partial charge on any atom is -0.350 e. The summed E-state index contributed by atoms with van der Waals surface area (Å²) in [4.78, 5) is 17.8.